The Kier molecular flexibility index (Phi) is 3.52. The van der Waals surface area contributed by atoms with Crippen molar-refractivity contribution in [2.45, 2.75) is 26.2 Å². The highest BCUT2D eigenvalue weighted by atomic mass is 16.5. The maximum absolute atomic E-state index is 11.3. The molecule has 3 atom stereocenters. The molecule has 1 rings (SSSR count). The van der Waals surface area contributed by atoms with Gasteiger partial charge in [-0.15, -0.1) is 6.58 Å². The highest BCUT2D eigenvalue weighted by molar-refractivity contribution is 5.72. The summed E-state index contributed by atoms with van der Waals surface area (Å²) >= 11 is 0. The van der Waals surface area contributed by atoms with Crippen molar-refractivity contribution >= 4 is 5.97 Å². The molecule has 74 valence electrons. The molecule has 13 heavy (non-hydrogen) atoms. The second-order valence-corrected chi connectivity index (χ2v) is 3.81. The second kappa shape index (κ2) is 4.45. The van der Waals surface area contributed by atoms with Gasteiger partial charge in [0.05, 0.1) is 13.0 Å². The van der Waals surface area contributed by atoms with E-state index in [0.29, 0.717) is 11.8 Å². The number of rotatable bonds is 3. The van der Waals surface area contributed by atoms with Gasteiger partial charge in [0.25, 0.3) is 0 Å². The lowest BCUT2D eigenvalue weighted by molar-refractivity contribution is -0.147. The fraction of sp³-hybridized carbons (Fsp3) is 0.727. The van der Waals surface area contributed by atoms with Gasteiger partial charge in [0.1, 0.15) is 0 Å². The molecule has 2 heteroatoms. The normalized spacial score (nSPS) is 29.7. The standard InChI is InChI=1S/C11H18O2/c1-4-9-6-5-7-10(9)8(2)11(12)13-3/h4,8-10H,1,5-7H2,2-3H3/t8-,9+,10+/m1/s1. The molecule has 0 bridgehead atoms. The van der Waals surface area contributed by atoms with Crippen LogP contribution in [0.2, 0.25) is 0 Å². The van der Waals surface area contributed by atoms with E-state index in [1.165, 1.54) is 20.0 Å². The van der Waals surface area contributed by atoms with Gasteiger partial charge >= 0.3 is 5.97 Å². The van der Waals surface area contributed by atoms with Gasteiger partial charge < -0.3 is 4.74 Å². The summed E-state index contributed by atoms with van der Waals surface area (Å²) in [6.07, 6.45) is 5.50. The lowest BCUT2D eigenvalue weighted by Crippen LogP contribution is -2.24. The Morgan fingerprint density at radius 2 is 2.31 bits per heavy atom. The molecule has 1 fully saturated rings. The van der Waals surface area contributed by atoms with Crippen molar-refractivity contribution in [2.75, 3.05) is 7.11 Å². The molecule has 0 aliphatic heterocycles. The zero-order valence-electron chi connectivity index (χ0n) is 8.45. The Labute approximate surface area is 80.0 Å². The number of esters is 1. The van der Waals surface area contributed by atoms with Crippen LogP contribution in [0.1, 0.15) is 26.2 Å². The average Bonchev–Trinajstić information content (AvgIpc) is 2.62. The number of carbonyl (C=O) groups is 1. The van der Waals surface area contributed by atoms with Gasteiger partial charge in [0.15, 0.2) is 0 Å². The molecule has 1 saturated carbocycles. The minimum absolute atomic E-state index is 0.0236. The fourth-order valence-corrected chi connectivity index (χ4v) is 2.29. The van der Waals surface area contributed by atoms with E-state index in [1.807, 2.05) is 13.0 Å². The smallest absolute Gasteiger partial charge is 0.308 e. The monoisotopic (exact) mass is 182 g/mol. The zero-order chi connectivity index (χ0) is 9.84. The van der Waals surface area contributed by atoms with Crippen LogP contribution in [0.25, 0.3) is 0 Å². The molecule has 0 N–H and O–H groups in total. The van der Waals surface area contributed by atoms with E-state index < -0.39 is 0 Å². The highest BCUT2D eigenvalue weighted by Gasteiger charge is 2.33. The van der Waals surface area contributed by atoms with Crippen molar-refractivity contribution in [3.63, 3.8) is 0 Å². The third kappa shape index (κ3) is 2.11. The van der Waals surface area contributed by atoms with Gasteiger partial charge in [-0.1, -0.05) is 19.4 Å². The van der Waals surface area contributed by atoms with Gasteiger partial charge in [-0.25, -0.2) is 0 Å². The third-order valence-electron chi connectivity index (χ3n) is 3.14. The summed E-state index contributed by atoms with van der Waals surface area (Å²) in [5.41, 5.74) is 0. The lowest BCUT2D eigenvalue weighted by Gasteiger charge is -2.21. The molecule has 0 aromatic carbocycles. The van der Waals surface area contributed by atoms with Gasteiger partial charge in [0.2, 0.25) is 0 Å². The van der Waals surface area contributed by atoms with Crippen molar-refractivity contribution in [3.8, 4) is 0 Å². The maximum Gasteiger partial charge on any atom is 0.308 e. The fourth-order valence-electron chi connectivity index (χ4n) is 2.29. The lowest BCUT2D eigenvalue weighted by atomic mass is 9.85. The summed E-state index contributed by atoms with van der Waals surface area (Å²) in [5, 5.41) is 0. The molecule has 0 aromatic rings. The van der Waals surface area contributed by atoms with E-state index in [2.05, 4.69) is 6.58 Å². The summed E-state index contributed by atoms with van der Waals surface area (Å²) < 4.78 is 4.74. The van der Waals surface area contributed by atoms with E-state index in [4.69, 9.17) is 4.74 Å². The van der Waals surface area contributed by atoms with E-state index in [0.717, 1.165) is 6.42 Å². The number of allylic oxidation sites excluding steroid dienone is 1. The van der Waals surface area contributed by atoms with E-state index in [9.17, 15) is 4.79 Å². The number of hydrogen-bond acceptors (Lipinski definition) is 2. The van der Waals surface area contributed by atoms with E-state index in [1.54, 1.807) is 0 Å². The van der Waals surface area contributed by atoms with Crippen LogP contribution in [0.15, 0.2) is 12.7 Å². The molecular weight excluding hydrogens is 164 g/mol. The van der Waals surface area contributed by atoms with Gasteiger partial charge in [0, 0.05) is 0 Å². The first-order valence-corrected chi connectivity index (χ1v) is 4.91. The number of hydrogen-bond donors (Lipinski definition) is 0. The van der Waals surface area contributed by atoms with Crippen molar-refractivity contribution in [3.05, 3.63) is 12.7 Å². The average molecular weight is 182 g/mol. The first-order chi connectivity index (χ1) is 6.20. The summed E-state index contributed by atoms with van der Waals surface area (Å²) in [4.78, 5) is 11.3. The Hall–Kier alpha value is -0.790. The topological polar surface area (TPSA) is 26.3 Å². The van der Waals surface area contributed by atoms with Crippen LogP contribution < -0.4 is 0 Å². The minimum Gasteiger partial charge on any atom is -0.469 e. The molecule has 0 radical (unpaired) electrons. The highest BCUT2D eigenvalue weighted by Crippen LogP contribution is 2.37. The largest absolute Gasteiger partial charge is 0.469 e. The van der Waals surface area contributed by atoms with E-state index >= 15 is 0 Å². The van der Waals surface area contributed by atoms with Crippen molar-refractivity contribution in [1.82, 2.24) is 0 Å². The second-order valence-electron chi connectivity index (χ2n) is 3.81. The SMILES string of the molecule is C=C[C@H]1CCC[C@H]1[C@@H](C)C(=O)OC. The predicted octanol–water partition coefficient (Wildman–Crippen LogP) is 2.40. The summed E-state index contributed by atoms with van der Waals surface area (Å²) in [6.45, 7) is 5.77. The molecule has 0 unspecified atom stereocenters. The van der Waals surface area contributed by atoms with Crippen LogP contribution in [0, 0.1) is 17.8 Å². The maximum atomic E-state index is 11.3. The van der Waals surface area contributed by atoms with Crippen molar-refractivity contribution in [2.24, 2.45) is 17.8 Å². The zero-order valence-corrected chi connectivity index (χ0v) is 8.45. The number of methoxy groups -OCH3 is 1. The quantitative estimate of drug-likeness (QED) is 0.495. The molecule has 0 amide bonds. The third-order valence-corrected chi connectivity index (χ3v) is 3.14. The molecule has 0 saturated heterocycles. The van der Waals surface area contributed by atoms with Gasteiger partial charge in [-0.3, -0.25) is 4.79 Å². The number of carbonyl (C=O) groups excluding carboxylic acids is 1. The number of ether oxygens (including phenoxy) is 1. The molecule has 1 aliphatic carbocycles. The molecule has 0 spiro atoms. The van der Waals surface area contributed by atoms with Crippen LogP contribution in [0.5, 0.6) is 0 Å². The van der Waals surface area contributed by atoms with Crippen molar-refractivity contribution < 1.29 is 9.53 Å². The van der Waals surface area contributed by atoms with Crippen LogP contribution in [-0.2, 0) is 9.53 Å². The predicted molar refractivity (Wildman–Crippen MR) is 52.2 cm³/mol. The Morgan fingerprint density at radius 3 is 2.85 bits per heavy atom. The van der Waals surface area contributed by atoms with Gasteiger partial charge in [-0.05, 0) is 24.7 Å². The van der Waals surface area contributed by atoms with E-state index in [-0.39, 0.29) is 11.9 Å². The van der Waals surface area contributed by atoms with Crippen LogP contribution >= 0.6 is 0 Å². The Bertz CT molecular complexity index is 198. The Balaban J connectivity index is 2.59. The van der Waals surface area contributed by atoms with Gasteiger partial charge in [-0.2, -0.15) is 0 Å². The summed E-state index contributed by atoms with van der Waals surface area (Å²) in [5.74, 6) is 0.897. The first kappa shape index (κ1) is 10.3. The molecule has 2 nitrogen and oxygen atoms in total. The molecule has 0 aromatic heterocycles. The molecule has 0 heterocycles. The minimum atomic E-state index is -0.0845. The molecule has 1 aliphatic rings. The van der Waals surface area contributed by atoms with Crippen LogP contribution in [0.4, 0.5) is 0 Å². The van der Waals surface area contributed by atoms with Crippen LogP contribution in [0.3, 0.4) is 0 Å². The summed E-state index contributed by atoms with van der Waals surface area (Å²) in [6, 6.07) is 0. The molecular formula is C11H18O2. The first-order valence-electron chi connectivity index (χ1n) is 4.91. The van der Waals surface area contributed by atoms with Crippen LogP contribution in [-0.4, -0.2) is 13.1 Å². The van der Waals surface area contributed by atoms with Crippen molar-refractivity contribution in [1.29, 1.82) is 0 Å². The Morgan fingerprint density at radius 1 is 1.62 bits per heavy atom. The summed E-state index contributed by atoms with van der Waals surface area (Å²) in [7, 11) is 1.46.